The van der Waals surface area contributed by atoms with Crippen LogP contribution in [0.3, 0.4) is 0 Å². The highest BCUT2D eigenvalue weighted by molar-refractivity contribution is 6.42. The van der Waals surface area contributed by atoms with Crippen LogP contribution in [-0.4, -0.2) is 45.0 Å². The SMILES string of the molecule is Cc1ncc(C(=O)N2C[C@@H]([C@@H](C)Oc3ccc(C(F)(F)F)cn3)[C@@H](c3ccc(Cl)c(Cl)c3)C2)cn1. The second-order valence-electron chi connectivity index (χ2n) is 8.38. The average Bonchev–Trinajstić information content (AvgIpc) is 3.26. The molecule has 1 amide bonds. The van der Waals surface area contributed by atoms with Crippen LogP contribution in [0.15, 0.2) is 48.9 Å². The van der Waals surface area contributed by atoms with Crippen molar-refractivity contribution in [2.45, 2.75) is 32.0 Å². The lowest BCUT2D eigenvalue weighted by molar-refractivity contribution is -0.137. The van der Waals surface area contributed by atoms with Crippen molar-refractivity contribution in [1.29, 1.82) is 0 Å². The van der Waals surface area contributed by atoms with Gasteiger partial charge in [0.1, 0.15) is 11.9 Å². The summed E-state index contributed by atoms with van der Waals surface area (Å²) in [5, 5.41) is 0.797. The Morgan fingerprint density at radius 3 is 2.37 bits per heavy atom. The molecule has 6 nitrogen and oxygen atoms in total. The van der Waals surface area contributed by atoms with Crippen LogP contribution in [0.2, 0.25) is 10.0 Å². The summed E-state index contributed by atoms with van der Waals surface area (Å²) >= 11 is 12.3. The molecule has 0 aliphatic carbocycles. The average molecular weight is 525 g/mol. The Labute approximate surface area is 210 Å². The van der Waals surface area contributed by atoms with Gasteiger partial charge in [-0.05, 0) is 37.6 Å². The largest absolute Gasteiger partial charge is 0.474 e. The molecular formula is C24H21Cl2F3N4O2. The van der Waals surface area contributed by atoms with E-state index in [2.05, 4.69) is 15.0 Å². The summed E-state index contributed by atoms with van der Waals surface area (Å²) in [6.45, 7) is 4.26. The standard InChI is InChI=1S/C24H21Cl2F3N4O2/c1-13(35-22-6-4-17(10-32-22)24(27,28)29)18-11-33(23(34)16-8-30-14(2)31-9-16)12-19(18)15-3-5-20(25)21(26)7-15/h3-10,13,18-19H,11-12H2,1-2H3/t13-,18+,19-/m1/s1. The molecule has 35 heavy (non-hydrogen) atoms. The van der Waals surface area contributed by atoms with Crippen molar-refractivity contribution in [3.05, 3.63) is 81.5 Å². The molecule has 11 heteroatoms. The number of carbonyl (C=O) groups is 1. The van der Waals surface area contributed by atoms with Gasteiger partial charge in [0.15, 0.2) is 0 Å². The van der Waals surface area contributed by atoms with E-state index in [1.807, 2.05) is 6.07 Å². The number of pyridine rings is 1. The molecule has 0 saturated carbocycles. The number of hydrogen-bond donors (Lipinski definition) is 0. The van der Waals surface area contributed by atoms with E-state index < -0.39 is 17.8 Å². The second kappa shape index (κ2) is 9.99. The maximum atomic E-state index is 13.2. The Kier molecular flexibility index (Phi) is 7.19. The quantitative estimate of drug-likeness (QED) is 0.420. The zero-order valence-electron chi connectivity index (χ0n) is 18.8. The lowest BCUT2D eigenvalue weighted by Gasteiger charge is -2.25. The van der Waals surface area contributed by atoms with Crippen LogP contribution >= 0.6 is 23.2 Å². The molecule has 184 valence electrons. The van der Waals surface area contributed by atoms with Crippen LogP contribution in [0, 0.1) is 12.8 Å². The van der Waals surface area contributed by atoms with Crippen molar-refractivity contribution in [2.24, 2.45) is 5.92 Å². The molecule has 2 aromatic heterocycles. The molecule has 1 saturated heterocycles. The molecule has 0 unspecified atom stereocenters. The van der Waals surface area contributed by atoms with Crippen LogP contribution in [0.25, 0.3) is 0 Å². The number of nitrogens with zero attached hydrogens (tertiary/aromatic N) is 4. The number of benzene rings is 1. The molecule has 0 radical (unpaired) electrons. The summed E-state index contributed by atoms with van der Waals surface area (Å²) in [6, 6.07) is 7.41. The number of carbonyl (C=O) groups excluding carboxylic acids is 1. The van der Waals surface area contributed by atoms with Gasteiger partial charge < -0.3 is 9.64 Å². The number of ether oxygens (including phenoxy) is 1. The number of amides is 1. The fourth-order valence-corrected chi connectivity index (χ4v) is 4.45. The third-order valence-electron chi connectivity index (χ3n) is 6.03. The van der Waals surface area contributed by atoms with E-state index in [9.17, 15) is 18.0 Å². The fourth-order valence-electron chi connectivity index (χ4n) is 4.15. The van der Waals surface area contributed by atoms with Crippen LogP contribution in [0.4, 0.5) is 13.2 Å². The van der Waals surface area contributed by atoms with Gasteiger partial charge in [0.2, 0.25) is 5.88 Å². The Balaban J connectivity index is 1.58. The van der Waals surface area contributed by atoms with Crippen LogP contribution in [-0.2, 0) is 6.18 Å². The molecule has 1 aliphatic rings. The molecule has 1 fully saturated rings. The first-order chi connectivity index (χ1) is 16.5. The highest BCUT2D eigenvalue weighted by Crippen LogP contribution is 2.39. The first kappa shape index (κ1) is 25.2. The van der Waals surface area contributed by atoms with E-state index in [4.69, 9.17) is 27.9 Å². The summed E-state index contributed by atoms with van der Waals surface area (Å²) in [5.41, 5.74) is 0.377. The Bertz CT molecular complexity index is 1210. The van der Waals surface area contributed by atoms with Gasteiger partial charge in [0, 0.05) is 49.6 Å². The third kappa shape index (κ3) is 5.67. The summed E-state index contributed by atoms with van der Waals surface area (Å²) in [5.74, 6) is 0.0318. The summed E-state index contributed by atoms with van der Waals surface area (Å²) < 4.78 is 44.5. The number of rotatable bonds is 5. The minimum Gasteiger partial charge on any atom is -0.474 e. The van der Waals surface area contributed by atoms with E-state index in [1.54, 1.807) is 30.9 Å². The Morgan fingerprint density at radius 1 is 1.06 bits per heavy atom. The zero-order valence-corrected chi connectivity index (χ0v) is 20.3. The summed E-state index contributed by atoms with van der Waals surface area (Å²) in [4.78, 5) is 26.9. The van der Waals surface area contributed by atoms with E-state index >= 15 is 0 Å². The molecule has 3 atom stereocenters. The minimum atomic E-state index is -4.48. The highest BCUT2D eigenvalue weighted by atomic mass is 35.5. The monoisotopic (exact) mass is 524 g/mol. The van der Waals surface area contributed by atoms with Crippen LogP contribution in [0.1, 0.15) is 40.2 Å². The van der Waals surface area contributed by atoms with Crippen molar-refractivity contribution < 1.29 is 22.7 Å². The van der Waals surface area contributed by atoms with Gasteiger partial charge in [-0.15, -0.1) is 0 Å². The smallest absolute Gasteiger partial charge is 0.417 e. The lowest BCUT2D eigenvalue weighted by Crippen LogP contribution is -2.32. The van der Waals surface area contributed by atoms with Crippen molar-refractivity contribution in [2.75, 3.05) is 13.1 Å². The summed E-state index contributed by atoms with van der Waals surface area (Å²) in [6.07, 6.45) is -1.26. The maximum absolute atomic E-state index is 13.2. The van der Waals surface area contributed by atoms with E-state index in [1.165, 1.54) is 18.5 Å². The minimum absolute atomic E-state index is 0.0649. The van der Waals surface area contributed by atoms with Gasteiger partial charge in [-0.3, -0.25) is 4.79 Å². The molecule has 4 rings (SSSR count). The predicted molar refractivity (Wildman–Crippen MR) is 125 cm³/mol. The number of likely N-dealkylation sites (tertiary alicyclic amines) is 1. The van der Waals surface area contributed by atoms with E-state index in [0.717, 1.165) is 17.8 Å². The highest BCUT2D eigenvalue weighted by Gasteiger charge is 2.41. The zero-order chi connectivity index (χ0) is 25.3. The molecule has 3 heterocycles. The predicted octanol–water partition coefficient (Wildman–Crippen LogP) is 5.83. The topological polar surface area (TPSA) is 68.2 Å². The normalized spacial score (nSPS) is 19.0. The molecule has 0 spiro atoms. The molecule has 1 aliphatic heterocycles. The van der Waals surface area contributed by atoms with Gasteiger partial charge in [0.25, 0.3) is 5.91 Å². The second-order valence-corrected chi connectivity index (χ2v) is 9.19. The maximum Gasteiger partial charge on any atom is 0.417 e. The van der Waals surface area contributed by atoms with Gasteiger partial charge in [0.05, 0.1) is 21.2 Å². The van der Waals surface area contributed by atoms with Gasteiger partial charge in [-0.2, -0.15) is 13.2 Å². The number of halogens is 5. The molecule has 3 aromatic rings. The van der Waals surface area contributed by atoms with Crippen molar-refractivity contribution in [3.8, 4) is 5.88 Å². The van der Waals surface area contributed by atoms with Gasteiger partial charge >= 0.3 is 6.18 Å². The Hall–Kier alpha value is -2.91. The number of hydrogen-bond acceptors (Lipinski definition) is 5. The molecule has 0 bridgehead atoms. The Morgan fingerprint density at radius 2 is 1.77 bits per heavy atom. The third-order valence-corrected chi connectivity index (χ3v) is 6.76. The number of aryl methyl sites for hydroxylation is 1. The van der Waals surface area contributed by atoms with Crippen molar-refractivity contribution in [1.82, 2.24) is 19.9 Å². The molecule has 0 N–H and O–H groups in total. The summed E-state index contributed by atoms with van der Waals surface area (Å²) in [7, 11) is 0. The number of aromatic nitrogens is 3. The van der Waals surface area contributed by atoms with Gasteiger partial charge in [-0.25, -0.2) is 15.0 Å². The molecule has 1 aromatic carbocycles. The van der Waals surface area contributed by atoms with Crippen molar-refractivity contribution in [3.63, 3.8) is 0 Å². The van der Waals surface area contributed by atoms with Crippen LogP contribution < -0.4 is 4.74 Å². The fraction of sp³-hybridized carbons (Fsp3) is 0.333. The van der Waals surface area contributed by atoms with Gasteiger partial charge in [-0.1, -0.05) is 29.3 Å². The molecular weight excluding hydrogens is 504 g/mol. The van der Waals surface area contributed by atoms with E-state index in [-0.39, 0.29) is 23.6 Å². The van der Waals surface area contributed by atoms with Crippen molar-refractivity contribution >= 4 is 29.1 Å². The van der Waals surface area contributed by atoms with Crippen LogP contribution in [0.5, 0.6) is 5.88 Å². The van der Waals surface area contributed by atoms with E-state index in [0.29, 0.717) is 34.5 Å². The first-order valence-corrected chi connectivity index (χ1v) is 11.5. The number of alkyl halides is 3. The lowest BCUT2D eigenvalue weighted by atomic mass is 9.86. The first-order valence-electron chi connectivity index (χ1n) is 10.8.